The Morgan fingerprint density at radius 1 is 1.33 bits per heavy atom. The molecular weight excluding hydrogens is 282 g/mol. The SMILES string of the molecule is CN=C(NCc1ccsc1)NCC(C)N1CCN(C)CC1. The molecule has 1 aliphatic rings. The lowest BCUT2D eigenvalue weighted by molar-refractivity contribution is 0.120. The van der Waals surface area contributed by atoms with E-state index in [0.717, 1.165) is 45.2 Å². The van der Waals surface area contributed by atoms with E-state index < -0.39 is 0 Å². The van der Waals surface area contributed by atoms with Crippen molar-refractivity contribution in [2.75, 3.05) is 46.8 Å². The highest BCUT2D eigenvalue weighted by molar-refractivity contribution is 7.07. The number of guanidine groups is 1. The molecule has 1 aliphatic heterocycles. The maximum atomic E-state index is 4.29. The van der Waals surface area contributed by atoms with Crippen LogP contribution in [0.3, 0.4) is 0 Å². The number of hydrogen-bond acceptors (Lipinski definition) is 4. The van der Waals surface area contributed by atoms with Gasteiger partial charge >= 0.3 is 0 Å². The summed E-state index contributed by atoms with van der Waals surface area (Å²) in [5, 5.41) is 11.0. The van der Waals surface area contributed by atoms with Crippen molar-refractivity contribution in [3.05, 3.63) is 22.4 Å². The molecule has 1 fully saturated rings. The molecule has 1 saturated heterocycles. The molecule has 0 aromatic carbocycles. The van der Waals surface area contributed by atoms with Gasteiger partial charge in [-0.1, -0.05) is 0 Å². The molecule has 118 valence electrons. The van der Waals surface area contributed by atoms with E-state index in [1.807, 2.05) is 7.05 Å². The second kappa shape index (κ2) is 8.36. The van der Waals surface area contributed by atoms with Gasteiger partial charge in [0, 0.05) is 52.4 Å². The van der Waals surface area contributed by atoms with Gasteiger partial charge < -0.3 is 15.5 Å². The van der Waals surface area contributed by atoms with Gasteiger partial charge in [-0.15, -0.1) is 0 Å². The Labute approximate surface area is 132 Å². The molecule has 2 rings (SSSR count). The zero-order valence-electron chi connectivity index (χ0n) is 13.3. The highest BCUT2D eigenvalue weighted by Gasteiger charge is 2.18. The van der Waals surface area contributed by atoms with Crippen LogP contribution < -0.4 is 10.6 Å². The van der Waals surface area contributed by atoms with Gasteiger partial charge in [-0.05, 0) is 36.4 Å². The zero-order chi connectivity index (χ0) is 15.1. The van der Waals surface area contributed by atoms with E-state index in [4.69, 9.17) is 0 Å². The molecule has 0 saturated carbocycles. The van der Waals surface area contributed by atoms with Gasteiger partial charge in [0.15, 0.2) is 5.96 Å². The quantitative estimate of drug-likeness (QED) is 0.630. The molecule has 0 radical (unpaired) electrons. The first-order chi connectivity index (χ1) is 10.2. The van der Waals surface area contributed by atoms with Crippen LogP contribution in [0.1, 0.15) is 12.5 Å². The van der Waals surface area contributed by atoms with Crippen molar-refractivity contribution < 1.29 is 0 Å². The second-order valence-corrected chi connectivity index (χ2v) is 6.41. The van der Waals surface area contributed by atoms with Crippen LogP contribution in [0.15, 0.2) is 21.8 Å². The largest absolute Gasteiger partial charge is 0.355 e. The summed E-state index contributed by atoms with van der Waals surface area (Å²) in [5.41, 5.74) is 1.30. The summed E-state index contributed by atoms with van der Waals surface area (Å²) < 4.78 is 0. The first kappa shape index (κ1) is 16.3. The molecule has 21 heavy (non-hydrogen) atoms. The van der Waals surface area contributed by atoms with Crippen molar-refractivity contribution in [3.8, 4) is 0 Å². The third-order valence-electron chi connectivity index (χ3n) is 3.99. The Bertz CT molecular complexity index is 423. The fourth-order valence-electron chi connectivity index (χ4n) is 2.44. The maximum absolute atomic E-state index is 4.29. The van der Waals surface area contributed by atoms with E-state index in [-0.39, 0.29) is 0 Å². The minimum Gasteiger partial charge on any atom is -0.355 e. The first-order valence-corrected chi connectivity index (χ1v) is 8.51. The summed E-state index contributed by atoms with van der Waals surface area (Å²) in [6, 6.07) is 2.66. The molecular formula is C15H27N5S. The average Bonchev–Trinajstić information content (AvgIpc) is 3.01. The van der Waals surface area contributed by atoms with E-state index >= 15 is 0 Å². The summed E-state index contributed by atoms with van der Waals surface area (Å²) in [7, 11) is 4.01. The number of rotatable bonds is 5. The predicted molar refractivity (Wildman–Crippen MR) is 91.1 cm³/mol. The summed E-state index contributed by atoms with van der Waals surface area (Å²) in [6.07, 6.45) is 0. The normalized spacial score (nSPS) is 19.5. The lowest BCUT2D eigenvalue weighted by atomic mass is 10.2. The van der Waals surface area contributed by atoms with Crippen molar-refractivity contribution in [2.45, 2.75) is 19.5 Å². The van der Waals surface area contributed by atoms with Crippen LogP contribution in [-0.2, 0) is 6.54 Å². The molecule has 0 amide bonds. The molecule has 6 heteroatoms. The van der Waals surface area contributed by atoms with Gasteiger partial charge in [-0.25, -0.2) is 0 Å². The minimum absolute atomic E-state index is 0.526. The van der Waals surface area contributed by atoms with Gasteiger partial charge in [0.1, 0.15) is 0 Å². The number of nitrogens with one attached hydrogen (secondary N) is 2. The van der Waals surface area contributed by atoms with E-state index in [9.17, 15) is 0 Å². The Morgan fingerprint density at radius 3 is 2.71 bits per heavy atom. The van der Waals surface area contributed by atoms with Crippen molar-refractivity contribution in [1.29, 1.82) is 0 Å². The van der Waals surface area contributed by atoms with Gasteiger partial charge in [0.25, 0.3) is 0 Å². The predicted octanol–water partition coefficient (Wildman–Crippen LogP) is 1.05. The first-order valence-electron chi connectivity index (χ1n) is 7.57. The Morgan fingerprint density at radius 2 is 2.10 bits per heavy atom. The molecule has 1 aromatic heterocycles. The number of thiophene rings is 1. The van der Waals surface area contributed by atoms with E-state index in [1.165, 1.54) is 5.56 Å². The van der Waals surface area contributed by atoms with Crippen molar-refractivity contribution in [2.24, 2.45) is 4.99 Å². The number of likely N-dealkylation sites (N-methyl/N-ethyl adjacent to an activating group) is 1. The minimum atomic E-state index is 0.526. The Hall–Kier alpha value is -1.11. The zero-order valence-corrected chi connectivity index (χ0v) is 14.1. The third-order valence-corrected chi connectivity index (χ3v) is 4.72. The van der Waals surface area contributed by atoms with Crippen molar-refractivity contribution in [1.82, 2.24) is 20.4 Å². The molecule has 0 spiro atoms. The Balaban J connectivity index is 1.70. The van der Waals surface area contributed by atoms with Crippen LogP contribution in [0.5, 0.6) is 0 Å². The van der Waals surface area contributed by atoms with E-state index in [1.54, 1.807) is 11.3 Å². The average molecular weight is 309 g/mol. The van der Waals surface area contributed by atoms with Crippen LogP contribution in [-0.4, -0.2) is 68.6 Å². The fraction of sp³-hybridized carbons (Fsp3) is 0.667. The van der Waals surface area contributed by atoms with Crippen LogP contribution in [0.25, 0.3) is 0 Å². The fourth-order valence-corrected chi connectivity index (χ4v) is 3.10. The van der Waals surface area contributed by atoms with Gasteiger partial charge in [-0.3, -0.25) is 9.89 Å². The standard InChI is InChI=1S/C15H27N5S/c1-13(20-7-5-19(3)6-8-20)10-17-15(16-2)18-11-14-4-9-21-12-14/h4,9,12-13H,5-8,10-11H2,1-3H3,(H2,16,17,18). The van der Waals surface area contributed by atoms with Crippen molar-refractivity contribution in [3.63, 3.8) is 0 Å². The Kier molecular flexibility index (Phi) is 6.48. The molecule has 2 heterocycles. The van der Waals surface area contributed by atoms with Gasteiger partial charge in [0.2, 0.25) is 0 Å². The molecule has 0 bridgehead atoms. The van der Waals surface area contributed by atoms with Crippen LogP contribution in [0.4, 0.5) is 0 Å². The third kappa shape index (κ3) is 5.30. The summed E-state index contributed by atoms with van der Waals surface area (Å²) in [5.74, 6) is 0.877. The smallest absolute Gasteiger partial charge is 0.191 e. The second-order valence-electron chi connectivity index (χ2n) is 5.63. The van der Waals surface area contributed by atoms with Gasteiger partial charge in [-0.2, -0.15) is 11.3 Å². The van der Waals surface area contributed by atoms with E-state index in [2.05, 4.69) is 56.2 Å². The van der Waals surface area contributed by atoms with Gasteiger partial charge in [0.05, 0.1) is 0 Å². The highest BCUT2D eigenvalue weighted by Crippen LogP contribution is 2.05. The molecule has 0 aliphatic carbocycles. The van der Waals surface area contributed by atoms with Crippen LogP contribution >= 0.6 is 11.3 Å². The number of nitrogens with zero attached hydrogens (tertiary/aromatic N) is 3. The topological polar surface area (TPSA) is 42.9 Å². The molecule has 2 N–H and O–H groups in total. The summed E-state index contributed by atoms with van der Waals surface area (Å²) in [4.78, 5) is 9.22. The number of hydrogen-bond donors (Lipinski definition) is 2. The number of piperazine rings is 1. The molecule has 1 unspecified atom stereocenters. The highest BCUT2D eigenvalue weighted by atomic mass is 32.1. The summed E-state index contributed by atoms with van der Waals surface area (Å²) in [6.45, 7) is 8.66. The number of aliphatic imine (C=N–C) groups is 1. The summed E-state index contributed by atoms with van der Waals surface area (Å²) >= 11 is 1.73. The van der Waals surface area contributed by atoms with E-state index in [0.29, 0.717) is 6.04 Å². The van der Waals surface area contributed by atoms with Crippen molar-refractivity contribution >= 4 is 17.3 Å². The molecule has 5 nitrogen and oxygen atoms in total. The lowest BCUT2D eigenvalue weighted by Crippen LogP contribution is -2.52. The monoisotopic (exact) mass is 309 g/mol. The lowest BCUT2D eigenvalue weighted by Gasteiger charge is -2.36. The molecule has 1 aromatic rings. The molecule has 1 atom stereocenters. The maximum Gasteiger partial charge on any atom is 0.191 e. The van der Waals surface area contributed by atoms with Crippen LogP contribution in [0.2, 0.25) is 0 Å². The van der Waals surface area contributed by atoms with Crippen LogP contribution in [0, 0.1) is 0 Å².